The smallest absolute Gasteiger partial charge is 0.324 e. The number of anilines is 1. The average Bonchev–Trinajstić information content (AvgIpc) is 2.67. The van der Waals surface area contributed by atoms with Crippen LogP contribution in [0.25, 0.3) is 5.57 Å². The van der Waals surface area contributed by atoms with Gasteiger partial charge in [0.15, 0.2) is 0 Å². The van der Waals surface area contributed by atoms with E-state index in [-0.39, 0.29) is 12.9 Å². The number of hydrogen-bond acceptors (Lipinski definition) is 4. The molecule has 2 aliphatic rings. The van der Waals surface area contributed by atoms with Crippen molar-refractivity contribution in [2.45, 2.75) is 46.6 Å². The molecule has 5 heteroatoms. The van der Waals surface area contributed by atoms with E-state index in [0.717, 1.165) is 16.8 Å². The van der Waals surface area contributed by atoms with Crippen LogP contribution in [-0.4, -0.2) is 31.5 Å². The highest BCUT2D eigenvalue weighted by atomic mass is 16.5. The van der Waals surface area contributed by atoms with Crippen molar-refractivity contribution < 1.29 is 15.8 Å². The Morgan fingerprint density at radius 3 is 2.48 bits per heavy atom. The molecule has 0 fully saturated rings. The molecule has 27 heavy (non-hydrogen) atoms. The number of carbonyl (C=O) groups excluding carboxylic acids is 2. The first-order chi connectivity index (χ1) is 12.7. The molecule has 1 amide bonds. The van der Waals surface area contributed by atoms with E-state index in [1.165, 1.54) is 12.6 Å². The first-order valence-electron chi connectivity index (χ1n) is 9.28. The van der Waals surface area contributed by atoms with Crippen molar-refractivity contribution in [3.8, 4) is 5.75 Å². The zero-order valence-electron chi connectivity index (χ0n) is 17.6. The normalized spacial score (nSPS) is 18.9. The van der Waals surface area contributed by atoms with Crippen LogP contribution in [0, 0.1) is 5.92 Å². The standard InChI is InChI=1S/C18H22N2O3.C2H6.C2H4.H2/c1-10-9-18(2,3)20(5)14-8-15-11(6-12(10)14)7-13(16(21)19-4)17(22)23-15;2*1-2;/h6,8-9,13H,7H2,1-5H3,(H,19,21);1-2H3;1-2H2;1H. The van der Waals surface area contributed by atoms with Crippen molar-refractivity contribution in [2.75, 3.05) is 19.0 Å². The molecule has 0 saturated heterocycles. The van der Waals surface area contributed by atoms with Gasteiger partial charge in [-0.1, -0.05) is 19.9 Å². The number of carbonyl (C=O) groups is 2. The summed E-state index contributed by atoms with van der Waals surface area (Å²) in [6.07, 6.45) is 2.61. The number of esters is 1. The molecular weight excluding hydrogens is 340 g/mol. The fraction of sp³-hybridized carbons (Fsp3) is 0.455. The number of benzene rings is 1. The van der Waals surface area contributed by atoms with Crippen LogP contribution < -0.4 is 15.0 Å². The van der Waals surface area contributed by atoms with E-state index in [2.05, 4.69) is 50.2 Å². The topological polar surface area (TPSA) is 58.6 Å². The molecular formula is C22H34N2O3. The summed E-state index contributed by atoms with van der Waals surface area (Å²) in [7, 11) is 3.56. The zero-order valence-corrected chi connectivity index (χ0v) is 17.6. The lowest BCUT2D eigenvalue weighted by molar-refractivity contribution is -0.145. The first-order valence-corrected chi connectivity index (χ1v) is 9.28. The SMILES string of the molecule is C=C.CC.CNC(=O)C1Cc2cc3c(cc2OC1=O)N(C)C(C)(C)C=C3C.[HH]. The van der Waals surface area contributed by atoms with Gasteiger partial charge in [-0.15, -0.1) is 13.2 Å². The molecule has 0 aliphatic carbocycles. The Labute approximate surface area is 164 Å². The number of allylic oxidation sites excluding steroid dienone is 1. The Hall–Kier alpha value is -2.56. The van der Waals surface area contributed by atoms with Crippen LogP contribution in [0.5, 0.6) is 5.75 Å². The highest BCUT2D eigenvalue weighted by Gasteiger charge is 2.36. The third-order valence-corrected chi connectivity index (χ3v) is 4.88. The summed E-state index contributed by atoms with van der Waals surface area (Å²) < 4.78 is 5.44. The summed E-state index contributed by atoms with van der Waals surface area (Å²) in [4.78, 5) is 26.1. The van der Waals surface area contributed by atoms with E-state index in [0.29, 0.717) is 12.2 Å². The maximum atomic E-state index is 12.1. The number of rotatable bonds is 1. The van der Waals surface area contributed by atoms with E-state index in [4.69, 9.17) is 4.74 Å². The zero-order chi connectivity index (χ0) is 20.9. The molecule has 0 spiro atoms. The number of likely N-dealkylation sites (N-methyl/N-ethyl adjacent to an activating group) is 1. The minimum atomic E-state index is -0.771. The number of fused-ring (bicyclic) bond motifs is 2. The second-order valence-electron chi connectivity index (χ2n) is 6.81. The summed E-state index contributed by atoms with van der Waals surface area (Å²) in [5.41, 5.74) is 4.16. The van der Waals surface area contributed by atoms with E-state index >= 15 is 0 Å². The number of nitrogens with zero attached hydrogens (tertiary/aromatic N) is 1. The summed E-state index contributed by atoms with van der Waals surface area (Å²) in [6.45, 7) is 16.4. The Balaban J connectivity index is 0.00000137. The van der Waals surface area contributed by atoms with Gasteiger partial charge in [0.05, 0.1) is 5.54 Å². The van der Waals surface area contributed by atoms with Crippen molar-refractivity contribution in [2.24, 2.45) is 5.92 Å². The Morgan fingerprint density at radius 1 is 1.33 bits per heavy atom. The predicted octanol–water partition coefficient (Wildman–Crippen LogP) is 4.22. The van der Waals surface area contributed by atoms with E-state index in [1.807, 2.05) is 33.0 Å². The van der Waals surface area contributed by atoms with Crippen LogP contribution in [0.3, 0.4) is 0 Å². The highest BCUT2D eigenvalue weighted by molar-refractivity contribution is 6.00. The van der Waals surface area contributed by atoms with E-state index in [9.17, 15) is 9.59 Å². The van der Waals surface area contributed by atoms with Gasteiger partial charge in [0.25, 0.3) is 0 Å². The number of nitrogens with one attached hydrogen (secondary N) is 1. The fourth-order valence-corrected chi connectivity index (χ4v) is 3.33. The lowest BCUT2D eigenvalue weighted by atomic mass is 9.86. The largest absolute Gasteiger partial charge is 0.426 e. The van der Waals surface area contributed by atoms with Gasteiger partial charge in [0, 0.05) is 32.8 Å². The van der Waals surface area contributed by atoms with Crippen LogP contribution in [-0.2, 0) is 16.0 Å². The Kier molecular flexibility index (Phi) is 7.40. The van der Waals surface area contributed by atoms with Gasteiger partial charge in [0.2, 0.25) is 5.91 Å². The monoisotopic (exact) mass is 374 g/mol. The van der Waals surface area contributed by atoms with Gasteiger partial charge in [-0.2, -0.15) is 0 Å². The average molecular weight is 375 g/mol. The maximum Gasteiger partial charge on any atom is 0.324 e. The lowest BCUT2D eigenvalue weighted by Crippen LogP contribution is -2.42. The predicted molar refractivity (Wildman–Crippen MR) is 114 cm³/mol. The molecule has 2 aliphatic heterocycles. The van der Waals surface area contributed by atoms with Crippen molar-refractivity contribution >= 4 is 23.1 Å². The van der Waals surface area contributed by atoms with E-state index < -0.39 is 11.9 Å². The minimum absolute atomic E-state index is 0. The quantitative estimate of drug-likeness (QED) is 0.346. The number of ether oxygens (including phenoxy) is 1. The summed E-state index contributed by atoms with van der Waals surface area (Å²) in [5, 5.41) is 2.53. The van der Waals surface area contributed by atoms with Crippen molar-refractivity contribution in [1.29, 1.82) is 0 Å². The molecule has 0 radical (unpaired) electrons. The third kappa shape index (κ3) is 4.24. The second-order valence-corrected chi connectivity index (χ2v) is 6.81. The second kappa shape index (κ2) is 8.89. The molecule has 2 heterocycles. The van der Waals surface area contributed by atoms with Crippen molar-refractivity contribution in [3.05, 3.63) is 42.5 Å². The van der Waals surface area contributed by atoms with E-state index in [1.54, 1.807) is 0 Å². The molecule has 1 aromatic carbocycles. The molecule has 0 aromatic heterocycles. The van der Waals surface area contributed by atoms with Crippen LogP contribution in [0.2, 0.25) is 0 Å². The van der Waals surface area contributed by atoms with Gasteiger partial charge in [-0.05, 0) is 44.4 Å². The maximum absolute atomic E-state index is 12.1. The highest BCUT2D eigenvalue weighted by Crippen LogP contribution is 2.43. The molecule has 1 unspecified atom stereocenters. The molecule has 0 bridgehead atoms. The molecule has 150 valence electrons. The van der Waals surface area contributed by atoms with Gasteiger partial charge < -0.3 is 15.0 Å². The van der Waals surface area contributed by atoms with Crippen LogP contribution >= 0.6 is 0 Å². The van der Waals surface area contributed by atoms with Crippen molar-refractivity contribution in [3.63, 3.8) is 0 Å². The van der Waals surface area contributed by atoms with Crippen LogP contribution in [0.4, 0.5) is 5.69 Å². The third-order valence-electron chi connectivity index (χ3n) is 4.88. The molecule has 5 nitrogen and oxygen atoms in total. The van der Waals surface area contributed by atoms with Crippen molar-refractivity contribution in [1.82, 2.24) is 5.32 Å². The number of amides is 1. The van der Waals surface area contributed by atoms with Crippen LogP contribution in [0.15, 0.2) is 31.4 Å². The summed E-state index contributed by atoms with van der Waals surface area (Å²) in [6, 6.07) is 3.96. The molecule has 1 atom stereocenters. The van der Waals surface area contributed by atoms with Gasteiger partial charge >= 0.3 is 5.97 Å². The minimum Gasteiger partial charge on any atom is -0.426 e. The molecule has 1 N–H and O–H groups in total. The van der Waals surface area contributed by atoms with Crippen LogP contribution in [0.1, 0.15) is 47.2 Å². The summed E-state index contributed by atoms with van der Waals surface area (Å²) >= 11 is 0. The van der Waals surface area contributed by atoms with Gasteiger partial charge in [0.1, 0.15) is 11.7 Å². The molecule has 3 rings (SSSR count). The van der Waals surface area contributed by atoms with Gasteiger partial charge in [-0.25, -0.2) is 0 Å². The first kappa shape index (κ1) is 22.5. The molecule has 1 aromatic rings. The summed E-state index contributed by atoms with van der Waals surface area (Å²) in [5.74, 6) is -0.996. The Morgan fingerprint density at radius 2 is 1.93 bits per heavy atom. The fourth-order valence-electron chi connectivity index (χ4n) is 3.33. The molecule has 0 saturated carbocycles. The lowest BCUT2D eigenvalue weighted by Gasteiger charge is -2.41. The number of hydrogen-bond donors (Lipinski definition) is 1. The Bertz CT molecular complexity index is 756. The van der Waals surface area contributed by atoms with Gasteiger partial charge in [-0.3, -0.25) is 9.59 Å².